The van der Waals surface area contributed by atoms with Gasteiger partial charge in [-0.3, -0.25) is 9.69 Å². The minimum atomic E-state index is -0.769. The molecule has 0 radical (unpaired) electrons. The molecule has 15 heavy (non-hydrogen) atoms. The summed E-state index contributed by atoms with van der Waals surface area (Å²) < 4.78 is 5.21. The summed E-state index contributed by atoms with van der Waals surface area (Å²) in [5, 5.41) is 12.0. The van der Waals surface area contributed by atoms with E-state index in [2.05, 4.69) is 10.2 Å². The predicted octanol–water partition coefficient (Wildman–Crippen LogP) is -0.229. The first-order chi connectivity index (χ1) is 7.24. The molecular formula is C10H20N2O3. The standard InChI is InChI=1S/C10H20N2O3/c1-2-3-11-9(10(13)14)8-12-4-6-15-7-5-12/h9,11H,2-8H2,1H3,(H,13,14). The first kappa shape index (κ1) is 12.4. The number of ether oxygens (including phenoxy) is 1. The molecule has 5 heteroatoms. The van der Waals surface area contributed by atoms with Crippen molar-refractivity contribution in [3.8, 4) is 0 Å². The Kier molecular flexibility index (Phi) is 5.60. The SMILES string of the molecule is CCCNC(CN1CCOCC1)C(=O)O. The normalized spacial score (nSPS) is 20.1. The minimum Gasteiger partial charge on any atom is -0.480 e. The highest BCUT2D eigenvalue weighted by Gasteiger charge is 2.21. The molecule has 5 nitrogen and oxygen atoms in total. The van der Waals surface area contributed by atoms with Crippen LogP contribution in [0.15, 0.2) is 0 Å². The quantitative estimate of drug-likeness (QED) is 0.642. The van der Waals surface area contributed by atoms with Gasteiger partial charge in [-0.2, -0.15) is 0 Å². The lowest BCUT2D eigenvalue weighted by Gasteiger charge is -2.29. The zero-order valence-corrected chi connectivity index (χ0v) is 9.24. The van der Waals surface area contributed by atoms with Crippen LogP contribution < -0.4 is 5.32 Å². The van der Waals surface area contributed by atoms with Gasteiger partial charge in [0.15, 0.2) is 0 Å². The number of carboxylic acids is 1. The Balaban J connectivity index is 2.31. The third kappa shape index (κ3) is 4.59. The lowest BCUT2D eigenvalue weighted by Crippen LogP contribution is -2.49. The Hall–Kier alpha value is -0.650. The van der Waals surface area contributed by atoms with Crippen molar-refractivity contribution >= 4 is 5.97 Å². The van der Waals surface area contributed by atoms with Crippen LogP contribution in [0.2, 0.25) is 0 Å². The molecule has 88 valence electrons. The molecule has 1 rings (SSSR count). The number of hydrogen-bond acceptors (Lipinski definition) is 4. The molecule has 1 aliphatic rings. The van der Waals surface area contributed by atoms with Gasteiger partial charge in [0.25, 0.3) is 0 Å². The van der Waals surface area contributed by atoms with Crippen LogP contribution in [0.5, 0.6) is 0 Å². The van der Waals surface area contributed by atoms with E-state index in [1.54, 1.807) is 0 Å². The maximum atomic E-state index is 11.0. The molecule has 1 unspecified atom stereocenters. The maximum Gasteiger partial charge on any atom is 0.322 e. The van der Waals surface area contributed by atoms with Crippen molar-refractivity contribution in [2.24, 2.45) is 0 Å². The second-order valence-electron chi connectivity index (χ2n) is 3.76. The van der Waals surface area contributed by atoms with Gasteiger partial charge < -0.3 is 15.2 Å². The first-order valence-corrected chi connectivity index (χ1v) is 5.50. The lowest BCUT2D eigenvalue weighted by molar-refractivity contribution is -0.140. The zero-order valence-electron chi connectivity index (χ0n) is 9.24. The second-order valence-corrected chi connectivity index (χ2v) is 3.76. The Morgan fingerprint density at radius 1 is 1.53 bits per heavy atom. The Labute approximate surface area is 90.4 Å². The minimum absolute atomic E-state index is 0.456. The van der Waals surface area contributed by atoms with Crippen molar-refractivity contribution in [1.82, 2.24) is 10.2 Å². The van der Waals surface area contributed by atoms with Crippen LogP contribution in [0.25, 0.3) is 0 Å². The number of rotatable bonds is 6. The van der Waals surface area contributed by atoms with Crippen LogP contribution in [0.3, 0.4) is 0 Å². The van der Waals surface area contributed by atoms with Gasteiger partial charge in [-0.1, -0.05) is 6.92 Å². The summed E-state index contributed by atoms with van der Waals surface area (Å²) in [6.07, 6.45) is 0.951. The number of carbonyl (C=O) groups is 1. The highest BCUT2D eigenvalue weighted by Crippen LogP contribution is 1.99. The number of aliphatic carboxylic acids is 1. The van der Waals surface area contributed by atoms with Gasteiger partial charge in [-0.05, 0) is 13.0 Å². The van der Waals surface area contributed by atoms with Gasteiger partial charge in [0.1, 0.15) is 6.04 Å². The molecule has 1 saturated heterocycles. The number of morpholine rings is 1. The van der Waals surface area contributed by atoms with Crippen molar-refractivity contribution < 1.29 is 14.6 Å². The molecule has 1 heterocycles. The summed E-state index contributed by atoms with van der Waals surface area (Å²) in [5.74, 6) is -0.769. The van der Waals surface area contributed by atoms with Crippen molar-refractivity contribution in [3.63, 3.8) is 0 Å². The molecule has 2 N–H and O–H groups in total. The molecule has 0 bridgehead atoms. The number of nitrogens with zero attached hydrogens (tertiary/aromatic N) is 1. The molecule has 0 spiro atoms. The van der Waals surface area contributed by atoms with Gasteiger partial charge in [0.2, 0.25) is 0 Å². The van der Waals surface area contributed by atoms with E-state index < -0.39 is 12.0 Å². The van der Waals surface area contributed by atoms with E-state index >= 15 is 0 Å². The topological polar surface area (TPSA) is 61.8 Å². The van der Waals surface area contributed by atoms with Gasteiger partial charge >= 0.3 is 5.97 Å². The Morgan fingerprint density at radius 2 is 2.20 bits per heavy atom. The average molecular weight is 216 g/mol. The molecule has 0 aromatic carbocycles. The third-order valence-electron chi connectivity index (χ3n) is 2.48. The summed E-state index contributed by atoms with van der Waals surface area (Å²) >= 11 is 0. The molecule has 0 aromatic rings. The highest BCUT2D eigenvalue weighted by atomic mass is 16.5. The average Bonchev–Trinajstić information content (AvgIpc) is 2.25. The van der Waals surface area contributed by atoms with Crippen LogP contribution in [0.1, 0.15) is 13.3 Å². The fraction of sp³-hybridized carbons (Fsp3) is 0.900. The van der Waals surface area contributed by atoms with Crippen LogP contribution >= 0.6 is 0 Å². The largest absolute Gasteiger partial charge is 0.480 e. The van der Waals surface area contributed by atoms with E-state index in [4.69, 9.17) is 9.84 Å². The maximum absolute atomic E-state index is 11.0. The summed E-state index contributed by atoms with van der Waals surface area (Å²) in [7, 11) is 0. The van der Waals surface area contributed by atoms with E-state index in [9.17, 15) is 4.79 Å². The fourth-order valence-electron chi connectivity index (χ4n) is 1.59. The van der Waals surface area contributed by atoms with Crippen LogP contribution in [0, 0.1) is 0 Å². The Bertz CT molecular complexity index is 193. The van der Waals surface area contributed by atoms with E-state index in [-0.39, 0.29) is 0 Å². The van der Waals surface area contributed by atoms with Crippen LogP contribution in [0.4, 0.5) is 0 Å². The summed E-state index contributed by atoms with van der Waals surface area (Å²) in [6, 6.07) is -0.456. The number of hydrogen-bond donors (Lipinski definition) is 2. The first-order valence-electron chi connectivity index (χ1n) is 5.50. The summed E-state index contributed by atoms with van der Waals surface area (Å²) in [4.78, 5) is 13.1. The number of carboxylic acid groups (broad SMARTS) is 1. The van der Waals surface area contributed by atoms with Crippen molar-refractivity contribution in [3.05, 3.63) is 0 Å². The molecular weight excluding hydrogens is 196 g/mol. The predicted molar refractivity (Wildman–Crippen MR) is 57.0 cm³/mol. The monoisotopic (exact) mass is 216 g/mol. The molecule has 0 aliphatic carbocycles. The smallest absolute Gasteiger partial charge is 0.322 e. The molecule has 1 atom stereocenters. The van der Waals surface area contributed by atoms with Gasteiger partial charge in [0, 0.05) is 19.6 Å². The number of nitrogens with one attached hydrogen (secondary N) is 1. The molecule has 0 aromatic heterocycles. The molecule has 0 amide bonds. The van der Waals surface area contributed by atoms with Crippen molar-refractivity contribution in [1.29, 1.82) is 0 Å². The second kappa shape index (κ2) is 6.76. The summed E-state index contributed by atoms with van der Waals surface area (Å²) in [5.41, 5.74) is 0. The Morgan fingerprint density at radius 3 is 2.73 bits per heavy atom. The van der Waals surface area contributed by atoms with E-state index in [1.165, 1.54) is 0 Å². The third-order valence-corrected chi connectivity index (χ3v) is 2.48. The van der Waals surface area contributed by atoms with E-state index in [0.29, 0.717) is 19.8 Å². The highest BCUT2D eigenvalue weighted by molar-refractivity contribution is 5.73. The van der Waals surface area contributed by atoms with Crippen molar-refractivity contribution in [2.45, 2.75) is 19.4 Å². The van der Waals surface area contributed by atoms with E-state index in [0.717, 1.165) is 26.1 Å². The fourth-order valence-corrected chi connectivity index (χ4v) is 1.59. The molecule has 1 fully saturated rings. The van der Waals surface area contributed by atoms with Gasteiger partial charge in [-0.25, -0.2) is 0 Å². The van der Waals surface area contributed by atoms with Gasteiger partial charge in [0.05, 0.1) is 13.2 Å². The zero-order chi connectivity index (χ0) is 11.1. The molecule has 1 aliphatic heterocycles. The lowest BCUT2D eigenvalue weighted by atomic mass is 10.2. The van der Waals surface area contributed by atoms with Crippen LogP contribution in [-0.2, 0) is 9.53 Å². The van der Waals surface area contributed by atoms with Crippen LogP contribution in [-0.4, -0.2) is 61.4 Å². The molecule has 0 saturated carbocycles. The van der Waals surface area contributed by atoms with E-state index in [1.807, 2.05) is 6.92 Å². The van der Waals surface area contributed by atoms with Gasteiger partial charge in [-0.15, -0.1) is 0 Å². The van der Waals surface area contributed by atoms with Crippen molar-refractivity contribution in [2.75, 3.05) is 39.4 Å². The summed E-state index contributed by atoms with van der Waals surface area (Å²) in [6.45, 7) is 6.43.